The summed E-state index contributed by atoms with van der Waals surface area (Å²) in [7, 11) is 1.90. The first kappa shape index (κ1) is 17.5. The number of nitrogens with one attached hydrogen (secondary N) is 1. The second-order valence-corrected chi connectivity index (χ2v) is 7.39. The first-order valence-corrected chi connectivity index (χ1v) is 9.24. The van der Waals surface area contributed by atoms with Crippen LogP contribution in [-0.2, 0) is 16.6 Å². The fraction of sp³-hybridized carbons (Fsp3) is 0.0500. The van der Waals surface area contributed by atoms with Gasteiger partial charge in [-0.25, -0.2) is 9.69 Å². The van der Waals surface area contributed by atoms with Crippen LogP contribution in [0.1, 0.15) is 5.56 Å². The Labute approximate surface area is 168 Å². The van der Waals surface area contributed by atoms with Crippen LogP contribution in [0.5, 0.6) is 0 Å². The number of hydrogen-bond donors (Lipinski definition) is 1. The zero-order chi connectivity index (χ0) is 19.1. The molecule has 3 aromatic rings. The number of barbiturate groups is 1. The third-order valence-electron chi connectivity index (χ3n) is 4.41. The number of rotatable bonds is 2. The number of halogens is 1. The quantitative estimate of drug-likeness (QED) is 0.354. The van der Waals surface area contributed by atoms with E-state index in [2.05, 4.69) is 27.9 Å². The van der Waals surface area contributed by atoms with Gasteiger partial charge in [-0.05, 0) is 59.0 Å². The number of aromatic nitrogens is 1. The van der Waals surface area contributed by atoms with E-state index < -0.39 is 17.8 Å². The summed E-state index contributed by atoms with van der Waals surface area (Å²) in [6.45, 7) is 0. The Kier molecular flexibility index (Phi) is 4.31. The summed E-state index contributed by atoms with van der Waals surface area (Å²) in [5.41, 5.74) is 2.06. The summed E-state index contributed by atoms with van der Waals surface area (Å²) in [4.78, 5) is 38.5. The summed E-state index contributed by atoms with van der Waals surface area (Å²) in [6, 6.07) is 13.9. The molecule has 7 heteroatoms. The zero-order valence-electron chi connectivity index (χ0n) is 14.3. The van der Waals surface area contributed by atoms with Gasteiger partial charge in [0.1, 0.15) is 5.57 Å². The number of para-hydroxylation sites is 1. The average molecular weight is 471 g/mol. The van der Waals surface area contributed by atoms with E-state index in [0.29, 0.717) is 5.69 Å². The van der Waals surface area contributed by atoms with Gasteiger partial charge in [-0.15, -0.1) is 0 Å². The lowest BCUT2D eigenvalue weighted by molar-refractivity contribution is -0.122. The molecular formula is C20H14IN3O3. The van der Waals surface area contributed by atoms with Crippen LogP contribution in [0.2, 0.25) is 0 Å². The average Bonchev–Trinajstić information content (AvgIpc) is 2.96. The van der Waals surface area contributed by atoms with Gasteiger partial charge in [-0.1, -0.05) is 18.2 Å². The fourth-order valence-electron chi connectivity index (χ4n) is 3.13. The highest BCUT2D eigenvalue weighted by molar-refractivity contribution is 14.1. The summed E-state index contributed by atoms with van der Waals surface area (Å²) in [6.07, 6.45) is 3.38. The first-order valence-electron chi connectivity index (χ1n) is 8.17. The number of anilines is 1. The predicted octanol–water partition coefficient (Wildman–Crippen LogP) is 3.45. The maximum absolute atomic E-state index is 12.9. The molecule has 1 saturated heterocycles. The largest absolute Gasteiger partial charge is 0.350 e. The highest BCUT2D eigenvalue weighted by Gasteiger charge is 2.36. The number of benzene rings is 2. The molecule has 2 aromatic carbocycles. The molecule has 0 spiro atoms. The van der Waals surface area contributed by atoms with E-state index in [1.807, 2.05) is 42.1 Å². The van der Waals surface area contributed by atoms with Crippen molar-refractivity contribution in [3.63, 3.8) is 0 Å². The van der Waals surface area contributed by atoms with Crippen molar-refractivity contribution in [2.45, 2.75) is 0 Å². The van der Waals surface area contributed by atoms with Crippen molar-refractivity contribution in [2.24, 2.45) is 7.05 Å². The lowest BCUT2D eigenvalue weighted by atomic mass is 10.1. The SMILES string of the molecule is Cn1cc(C=C2C(=O)NC(=O)N(c3ccc(I)cc3)C2=O)c2ccccc21. The van der Waals surface area contributed by atoms with Gasteiger partial charge in [0, 0.05) is 33.3 Å². The van der Waals surface area contributed by atoms with Crippen molar-refractivity contribution in [3.05, 3.63) is 69.4 Å². The number of fused-ring (bicyclic) bond motifs is 1. The maximum Gasteiger partial charge on any atom is 0.335 e. The number of urea groups is 1. The molecular weight excluding hydrogens is 457 g/mol. The molecule has 27 heavy (non-hydrogen) atoms. The van der Waals surface area contributed by atoms with E-state index >= 15 is 0 Å². The molecule has 0 bridgehead atoms. The maximum atomic E-state index is 12.9. The van der Waals surface area contributed by atoms with Crippen molar-refractivity contribution in [3.8, 4) is 0 Å². The minimum absolute atomic E-state index is 0.0792. The van der Waals surface area contributed by atoms with Gasteiger partial charge in [0.05, 0.1) is 5.69 Å². The second-order valence-electron chi connectivity index (χ2n) is 6.15. The Hall–Kier alpha value is -2.94. The van der Waals surface area contributed by atoms with Crippen LogP contribution in [0, 0.1) is 3.57 Å². The number of nitrogens with zero attached hydrogens (tertiary/aromatic N) is 2. The predicted molar refractivity (Wildman–Crippen MR) is 111 cm³/mol. The third-order valence-corrected chi connectivity index (χ3v) is 5.13. The van der Waals surface area contributed by atoms with Gasteiger partial charge in [0.15, 0.2) is 0 Å². The Bertz CT molecular complexity index is 1130. The van der Waals surface area contributed by atoms with E-state index in [9.17, 15) is 14.4 Å². The van der Waals surface area contributed by atoms with E-state index in [1.165, 1.54) is 6.08 Å². The summed E-state index contributed by atoms with van der Waals surface area (Å²) >= 11 is 2.14. The Morgan fingerprint density at radius 2 is 1.70 bits per heavy atom. The van der Waals surface area contributed by atoms with Crippen molar-refractivity contribution < 1.29 is 14.4 Å². The highest BCUT2D eigenvalue weighted by atomic mass is 127. The molecule has 4 rings (SSSR count). The van der Waals surface area contributed by atoms with Crippen molar-refractivity contribution in [2.75, 3.05) is 4.90 Å². The molecule has 0 radical (unpaired) electrons. The van der Waals surface area contributed by atoms with Crippen LogP contribution in [0.3, 0.4) is 0 Å². The zero-order valence-corrected chi connectivity index (χ0v) is 16.4. The van der Waals surface area contributed by atoms with Gasteiger partial charge < -0.3 is 4.57 Å². The van der Waals surface area contributed by atoms with Crippen LogP contribution < -0.4 is 10.2 Å². The number of carbonyl (C=O) groups excluding carboxylic acids is 3. The number of aryl methyl sites for hydroxylation is 1. The van der Waals surface area contributed by atoms with Gasteiger partial charge >= 0.3 is 6.03 Å². The Morgan fingerprint density at radius 3 is 2.44 bits per heavy atom. The summed E-state index contributed by atoms with van der Waals surface area (Å²) in [5.74, 6) is -1.34. The monoisotopic (exact) mass is 471 g/mol. The van der Waals surface area contributed by atoms with E-state index in [0.717, 1.165) is 24.9 Å². The van der Waals surface area contributed by atoms with Crippen LogP contribution in [-0.4, -0.2) is 22.4 Å². The highest BCUT2D eigenvalue weighted by Crippen LogP contribution is 2.26. The van der Waals surface area contributed by atoms with Crippen LogP contribution >= 0.6 is 22.6 Å². The van der Waals surface area contributed by atoms with E-state index in [-0.39, 0.29) is 5.57 Å². The number of imide groups is 2. The molecule has 1 fully saturated rings. The molecule has 0 saturated carbocycles. The molecule has 2 heterocycles. The minimum atomic E-state index is -0.749. The molecule has 1 aromatic heterocycles. The fourth-order valence-corrected chi connectivity index (χ4v) is 3.49. The normalized spacial score (nSPS) is 16.3. The van der Waals surface area contributed by atoms with Crippen molar-refractivity contribution in [1.29, 1.82) is 0 Å². The van der Waals surface area contributed by atoms with Crippen molar-refractivity contribution >= 4 is 63.1 Å². The first-order chi connectivity index (χ1) is 13.0. The number of hydrogen-bond acceptors (Lipinski definition) is 3. The van der Waals surface area contributed by atoms with Crippen LogP contribution in [0.4, 0.5) is 10.5 Å². The third kappa shape index (κ3) is 3.03. The molecule has 134 valence electrons. The summed E-state index contributed by atoms with van der Waals surface area (Å²) in [5, 5.41) is 3.17. The Morgan fingerprint density at radius 1 is 1.00 bits per heavy atom. The van der Waals surface area contributed by atoms with E-state index in [4.69, 9.17) is 0 Å². The van der Waals surface area contributed by atoms with Gasteiger partial charge in [-0.2, -0.15) is 0 Å². The molecule has 0 aliphatic carbocycles. The molecule has 4 amide bonds. The molecule has 1 N–H and O–H groups in total. The smallest absolute Gasteiger partial charge is 0.335 e. The van der Waals surface area contributed by atoms with Gasteiger partial charge in [0.2, 0.25) is 0 Å². The van der Waals surface area contributed by atoms with Crippen LogP contribution in [0.25, 0.3) is 17.0 Å². The molecule has 1 aliphatic rings. The second kappa shape index (κ2) is 6.66. The standard InChI is InChI=1S/C20H14IN3O3/c1-23-11-12(15-4-2-3-5-17(15)23)10-16-18(25)22-20(27)24(19(16)26)14-8-6-13(21)7-9-14/h2-11H,1H3,(H,22,25,27). The minimum Gasteiger partial charge on any atom is -0.350 e. The molecule has 0 unspecified atom stereocenters. The van der Waals surface area contributed by atoms with E-state index in [1.54, 1.807) is 24.3 Å². The molecule has 1 aliphatic heterocycles. The topological polar surface area (TPSA) is 71.4 Å². The molecule has 6 nitrogen and oxygen atoms in total. The summed E-state index contributed by atoms with van der Waals surface area (Å²) < 4.78 is 2.90. The number of amides is 4. The number of carbonyl (C=O) groups is 3. The van der Waals surface area contributed by atoms with Crippen molar-refractivity contribution in [1.82, 2.24) is 9.88 Å². The lowest BCUT2D eigenvalue weighted by Crippen LogP contribution is -2.54. The Balaban J connectivity index is 1.80. The van der Waals surface area contributed by atoms with Gasteiger partial charge in [-0.3, -0.25) is 14.9 Å². The van der Waals surface area contributed by atoms with Crippen LogP contribution in [0.15, 0.2) is 60.3 Å². The lowest BCUT2D eigenvalue weighted by Gasteiger charge is -2.26. The molecule has 0 atom stereocenters. The van der Waals surface area contributed by atoms with Gasteiger partial charge in [0.25, 0.3) is 11.8 Å².